The molecule has 0 fully saturated rings. The van der Waals surface area contributed by atoms with Crippen LogP contribution in [0.15, 0.2) is 122 Å². The molecule has 0 N–H and O–H groups in total. The molecule has 75 heavy (non-hydrogen) atoms. The number of aromatic nitrogens is 2. The van der Waals surface area contributed by atoms with Gasteiger partial charge in [0.25, 0.3) is 0 Å². The van der Waals surface area contributed by atoms with Crippen LogP contribution in [0, 0.1) is 0 Å². The molecule has 0 amide bonds. The summed E-state index contributed by atoms with van der Waals surface area (Å²) in [5.41, 5.74) is -28.5. The van der Waals surface area contributed by atoms with Crippen molar-refractivity contribution in [2.75, 3.05) is 5.52 Å². The lowest BCUT2D eigenvalue weighted by Gasteiger charge is -2.46. The molecule has 0 saturated carbocycles. The summed E-state index contributed by atoms with van der Waals surface area (Å²) in [6.07, 6.45) is -49.9. The molecular formula is C45H24BBrF24N2O2. The fraction of sp³-hybridized carbons (Fsp3) is 0.222. The Labute approximate surface area is 412 Å². The van der Waals surface area contributed by atoms with Crippen molar-refractivity contribution in [1.82, 2.24) is 4.98 Å². The maximum absolute atomic E-state index is 14.2. The van der Waals surface area contributed by atoms with E-state index in [2.05, 4.69) is 20.9 Å². The highest BCUT2D eigenvalue weighted by Gasteiger charge is 2.47. The van der Waals surface area contributed by atoms with Crippen molar-refractivity contribution >= 4 is 49.9 Å². The van der Waals surface area contributed by atoms with Gasteiger partial charge in [0.1, 0.15) is 17.9 Å². The molecule has 404 valence electrons. The molecule has 0 atom stereocenters. The van der Waals surface area contributed by atoms with Crippen molar-refractivity contribution in [3.63, 3.8) is 0 Å². The minimum absolute atomic E-state index is 0.173. The number of esters is 1. The summed E-state index contributed by atoms with van der Waals surface area (Å²) in [6, 6.07) is 1.09. The summed E-state index contributed by atoms with van der Waals surface area (Å²) in [5.74, 6) is -0.393. The van der Waals surface area contributed by atoms with Crippen molar-refractivity contribution < 1.29 is 119 Å². The Hall–Kier alpha value is -6.49. The van der Waals surface area contributed by atoms with Gasteiger partial charge in [-0.3, -0.25) is 4.98 Å². The zero-order valence-electron chi connectivity index (χ0n) is 36.2. The summed E-state index contributed by atoms with van der Waals surface area (Å²) in [5, 5.41) is 0. The number of carbonyl (C=O) groups is 1. The lowest BCUT2D eigenvalue weighted by atomic mass is 9.12. The zero-order chi connectivity index (χ0) is 56.7. The predicted molar refractivity (Wildman–Crippen MR) is 219 cm³/mol. The third-order valence-electron chi connectivity index (χ3n) is 10.9. The molecule has 1 heterocycles. The molecule has 30 heteroatoms. The molecule has 0 unspecified atom stereocenters. The van der Waals surface area contributed by atoms with E-state index in [1.165, 1.54) is 6.20 Å². The Morgan fingerprint density at radius 2 is 0.707 bits per heavy atom. The first kappa shape index (κ1) is 59.4. The quantitative estimate of drug-likeness (QED) is 0.0501. The van der Waals surface area contributed by atoms with Crippen molar-refractivity contribution in [3.05, 3.63) is 177 Å². The van der Waals surface area contributed by atoms with Gasteiger partial charge in [-0.2, -0.15) is 132 Å². The second-order valence-corrected chi connectivity index (χ2v) is 16.3. The molecule has 5 aromatic carbocycles. The van der Waals surface area contributed by atoms with Crippen LogP contribution in [0.2, 0.25) is 0 Å². The largest absolute Gasteiger partial charge is 0.446 e. The van der Waals surface area contributed by atoms with E-state index in [1.807, 2.05) is 34.9 Å². The van der Waals surface area contributed by atoms with E-state index in [1.54, 1.807) is 12.4 Å². The highest BCUT2D eigenvalue weighted by Crippen LogP contribution is 2.41. The molecule has 6 rings (SSSR count). The van der Waals surface area contributed by atoms with E-state index < -0.39 is 201 Å². The molecule has 4 nitrogen and oxygen atoms in total. The van der Waals surface area contributed by atoms with Gasteiger partial charge in [-0.25, -0.2) is 4.79 Å². The molecule has 0 aliphatic rings. The van der Waals surface area contributed by atoms with Crippen LogP contribution in [0.1, 0.15) is 60.6 Å². The van der Waals surface area contributed by atoms with E-state index in [0.717, 1.165) is 5.56 Å². The van der Waals surface area contributed by atoms with Crippen LogP contribution in [0.5, 0.6) is 0 Å². The average Bonchev–Trinajstić information content (AvgIpc) is 3.27. The predicted octanol–water partition coefficient (Wildman–Crippen LogP) is 13.1. The number of benzene rings is 5. The second-order valence-electron chi connectivity index (χ2n) is 15.8. The topological polar surface area (TPSA) is 43.1 Å². The SMILES string of the molecule is FC(F)(F)c1cc([B-](c2cc(C(F)(F)F)cc(C(F)(F)F)c2)(c2cc(C(F)(F)F)cc(C(F)(F)F)c2)c2cc(C(F)(F)F)cc(C(F)(F)F)c2)cc(C(F)(F)F)c1.O=C(OCBr)c1cncc[n+]1Cc1ccccc1. The van der Waals surface area contributed by atoms with Gasteiger partial charge < -0.3 is 4.74 Å². The van der Waals surface area contributed by atoms with Gasteiger partial charge in [0, 0.05) is 5.56 Å². The number of nitrogens with zero attached hydrogens (tertiary/aromatic N) is 2. The van der Waals surface area contributed by atoms with E-state index in [-0.39, 0.29) is 5.52 Å². The molecule has 0 bridgehead atoms. The molecule has 0 saturated heterocycles. The fourth-order valence-corrected chi connectivity index (χ4v) is 7.88. The van der Waals surface area contributed by atoms with Crippen molar-refractivity contribution in [1.29, 1.82) is 0 Å². The number of rotatable bonds is 8. The van der Waals surface area contributed by atoms with Crippen LogP contribution in [0.3, 0.4) is 0 Å². The van der Waals surface area contributed by atoms with Gasteiger partial charge in [-0.05, 0) is 40.2 Å². The lowest BCUT2D eigenvalue weighted by Crippen LogP contribution is -2.75. The number of carbonyl (C=O) groups excluding carboxylic acids is 1. The Morgan fingerprint density at radius 1 is 0.440 bits per heavy atom. The number of ether oxygens (including phenoxy) is 1. The van der Waals surface area contributed by atoms with Crippen LogP contribution in [0.25, 0.3) is 0 Å². The van der Waals surface area contributed by atoms with Crippen molar-refractivity contribution in [2.24, 2.45) is 0 Å². The summed E-state index contributed by atoms with van der Waals surface area (Å²) in [6.45, 7) is 0.607. The minimum Gasteiger partial charge on any atom is -0.446 e. The zero-order valence-corrected chi connectivity index (χ0v) is 37.8. The smallest absolute Gasteiger partial charge is 0.416 e. The standard InChI is InChI=1S/C32H12BF24.C13H12BrN2O2/c34-25(35,36)13-1-14(26(37,38)39)6-21(5-13)33(22-7-15(27(40,41)42)2-16(8-22)28(43,44)45,23-9-17(29(46,47)48)3-18(10-23)30(49,50)51)24-11-19(31(52,53)54)4-20(12-24)32(55,56)57;14-10-18-13(17)12-8-15-6-7-16(12)9-11-4-2-1-3-5-11/h1-12H;1-8H,9-10H2/q-1;+1. The monoisotopic (exact) mass is 1170 g/mol. The van der Waals surface area contributed by atoms with Crippen molar-refractivity contribution in [2.45, 2.75) is 56.0 Å². The molecule has 0 aliphatic carbocycles. The lowest BCUT2D eigenvalue weighted by molar-refractivity contribution is -0.691. The summed E-state index contributed by atoms with van der Waals surface area (Å²) in [4.78, 5) is 15.7. The number of alkyl halides is 25. The Kier molecular flexibility index (Phi) is 16.6. The maximum atomic E-state index is 14.2. The molecule has 0 radical (unpaired) electrons. The third-order valence-corrected chi connectivity index (χ3v) is 11.1. The van der Waals surface area contributed by atoms with Crippen LogP contribution >= 0.6 is 15.9 Å². The molecular weight excluding hydrogens is 1150 g/mol. The minimum atomic E-state index is -6.13. The van der Waals surface area contributed by atoms with Crippen LogP contribution in [-0.4, -0.2) is 22.6 Å². The van der Waals surface area contributed by atoms with Gasteiger partial charge in [0.15, 0.2) is 12.7 Å². The van der Waals surface area contributed by atoms with E-state index in [9.17, 15) is 110 Å². The van der Waals surface area contributed by atoms with Crippen LogP contribution < -0.4 is 26.4 Å². The van der Waals surface area contributed by atoms with Gasteiger partial charge in [-0.15, -0.1) is 0 Å². The van der Waals surface area contributed by atoms with Crippen LogP contribution in [-0.2, 0) is 60.7 Å². The summed E-state index contributed by atoms with van der Waals surface area (Å²) < 4.78 is 348. The highest BCUT2D eigenvalue weighted by molar-refractivity contribution is 9.09. The first-order chi connectivity index (χ1) is 34.1. The van der Waals surface area contributed by atoms with Crippen molar-refractivity contribution in [3.8, 4) is 0 Å². The molecule has 6 aromatic rings. The average molecular weight is 1170 g/mol. The van der Waals surface area contributed by atoms with Gasteiger partial charge in [-0.1, -0.05) is 78.9 Å². The van der Waals surface area contributed by atoms with Gasteiger partial charge >= 0.3 is 61.1 Å². The van der Waals surface area contributed by atoms with E-state index >= 15 is 0 Å². The normalized spacial score (nSPS) is 13.3. The van der Waals surface area contributed by atoms with E-state index in [0.29, 0.717) is 12.2 Å². The summed E-state index contributed by atoms with van der Waals surface area (Å²) >= 11 is 3.07. The fourth-order valence-electron chi connectivity index (χ4n) is 7.67. The second kappa shape index (κ2) is 20.9. The molecule has 0 aliphatic heterocycles. The summed E-state index contributed by atoms with van der Waals surface area (Å²) in [7, 11) is 0. The maximum Gasteiger partial charge on any atom is 0.416 e. The van der Waals surface area contributed by atoms with Gasteiger partial charge in [0.05, 0.1) is 50.7 Å². The Bertz CT molecular complexity index is 2570. The first-order valence-corrected chi connectivity index (χ1v) is 21.2. The highest BCUT2D eigenvalue weighted by atomic mass is 79.9. The van der Waals surface area contributed by atoms with E-state index in [4.69, 9.17) is 4.74 Å². The first-order valence-electron chi connectivity index (χ1n) is 20.0. The number of hydrogen-bond acceptors (Lipinski definition) is 3. The number of hydrogen-bond donors (Lipinski definition) is 0. The number of halogens is 25. The van der Waals surface area contributed by atoms with Gasteiger partial charge in [0.2, 0.25) is 0 Å². The molecule has 1 aromatic heterocycles. The molecule has 0 spiro atoms. The van der Waals surface area contributed by atoms with Crippen LogP contribution in [0.4, 0.5) is 105 Å². The Morgan fingerprint density at radius 3 is 0.947 bits per heavy atom. The third kappa shape index (κ3) is 14.1. The Balaban J connectivity index is 0.000000483.